The first-order valence-electron chi connectivity index (χ1n) is 7.93. The van der Waals surface area contributed by atoms with E-state index in [0.29, 0.717) is 34.5 Å². The maximum Gasteiger partial charge on any atom is 0.340 e. The second kappa shape index (κ2) is 9.59. The molecule has 2 aromatic rings. The van der Waals surface area contributed by atoms with Gasteiger partial charge in [0.1, 0.15) is 5.75 Å². The third-order valence-electron chi connectivity index (χ3n) is 3.27. The largest absolute Gasteiger partial charge is 0.484 e. The van der Waals surface area contributed by atoms with Crippen LogP contribution in [0, 0.1) is 11.3 Å². The molecule has 0 unspecified atom stereocenters. The van der Waals surface area contributed by atoms with Gasteiger partial charge in [-0.1, -0.05) is 22.9 Å². The third-order valence-corrected chi connectivity index (χ3v) is 3.76. The summed E-state index contributed by atoms with van der Waals surface area (Å²) in [4.78, 5) is 24.3. The smallest absolute Gasteiger partial charge is 0.340 e. The highest BCUT2D eigenvalue weighted by Gasteiger charge is 2.15. The maximum absolute atomic E-state index is 12.1. The molecule has 0 spiro atoms. The molecule has 2 aromatic carbocycles. The number of nitrogens with zero attached hydrogens (tertiary/aromatic N) is 1. The Balaban J connectivity index is 2.01. The molecule has 7 heteroatoms. The lowest BCUT2D eigenvalue weighted by Crippen LogP contribution is -2.22. The van der Waals surface area contributed by atoms with Gasteiger partial charge in [0, 0.05) is 4.47 Å². The number of carbonyl (C=O) groups excluding carboxylic acids is 2. The number of nitriles is 1. The Labute approximate surface area is 159 Å². The van der Waals surface area contributed by atoms with E-state index in [9.17, 15) is 9.59 Å². The van der Waals surface area contributed by atoms with Crippen molar-refractivity contribution in [3.63, 3.8) is 0 Å². The molecule has 0 aliphatic carbocycles. The van der Waals surface area contributed by atoms with E-state index in [4.69, 9.17) is 14.7 Å². The minimum Gasteiger partial charge on any atom is -0.484 e. The Kier molecular flexibility index (Phi) is 7.18. The Morgan fingerprint density at radius 3 is 2.58 bits per heavy atom. The van der Waals surface area contributed by atoms with Crippen LogP contribution in [-0.2, 0) is 9.53 Å². The van der Waals surface area contributed by atoms with Gasteiger partial charge in [-0.05, 0) is 48.9 Å². The van der Waals surface area contributed by atoms with Crippen LogP contribution in [0.3, 0.4) is 0 Å². The van der Waals surface area contributed by atoms with Gasteiger partial charge in [-0.2, -0.15) is 5.26 Å². The summed E-state index contributed by atoms with van der Waals surface area (Å²) in [6.07, 6.45) is 0.708. The summed E-state index contributed by atoms with van der Waals surface area (Å²) in [6.45, 7) is 1.98. The first-order valence-corrected chi connectivity index (χ1v) is 8.72. The fraction of sp³-hybridized carbons (Fsp3) is 0.211. The van der Waals surface area contributed by atoms with Crippen molar-refractivity contribution in [2.24, 2.45) is 0 Å². The highest BCUT2D eigenvalue weighted by atomic mass is 79.9. The predicted molar refractivity (Wildman–Crippen MR) is 100.0 cm³/mol. The van der Waals surface area contributed by atoms with Crippen molar-refractivity contribution in [3.8, 4) is 11.8 Å². The van der Waals surface area contributed by atoms with Gasteiger partial charge >= 0.3 is 5.97 Å². The summed E-state index contributed by atoms with van der Waals surface area (Å²) in [6, 6.07) is 13.4. The minimum absolute atomic E-state index is 0.231. The number of halogens is 1. The van der Waals surface area contributed by atoms with E-state index < -0.39 is 11.9 Å². The summed E-state index contributed by atoms with van der Waals surface area (Å²) in [5.74, 6) is -0.449. The number of nitrogens with one attached hydrogen (secondary N) is 1. The minimum atomic E-state index is -0.503. The molecule has 1 N–H and O–H groups in total. The van der Waals surface area contributed by atoms with E-state index in [1.54, 1.807) is 42.5 Å². The quantitative estimate of drug-likeness (QED) is 0.691. The maximum atomic E-state index is 12.1. The number of rotatable bonds is 7. The van der Waals surface area contributed by atoms with E-state index in [1.165, 1.54) is 0 Å². The molecule has 0 radical (unpaired) electrons. The topological polar surface area (TPSA) is 88.4 Å². The number of anilines is 1. The lowest BCUT2D eigenvalue weighted by atomic mass is 10.2. The number of carbonyl (C=O) groups is 2. The van der Waals surface area contributed by atoms with Crippen molar-refractivity contribution in [3.05, 3.63) is 58.1 Å². The number of benzene rings is 2. The number of esters is 1. The predicted octanol–water partition coefficient (Wildman–Crippen LogP) is 3.91. The van der Waals surface area contributed by atoms with Crippen LogP contribution in [0.5, 0.6) is 5.75 Å². The van der Waals surface area contributed by atoms with E-state index in [-0.39, 0.29) is 12.2 Å². The number of hydrogen-bond acceptors (Lipinski definition) is 5. The molecule has 1 amide bonds. The van der Waals surface area contributed by atoms with Gasteiger partial charge in [-0.15, -0.1) is 0 Å². The van der Waals surface area contributed by atoms with Crippen LogP contribution in [0.25, 0.3) is 0 Å². The van der Waals surface area contributed by atoms with Crippen molar-refractivity contribution < 1.29 is 19.1 Å². The molecule has 0 heterocycles. The monoisotopic (exact) mass is 416 g/mol. The van der Waals surface area contributed by atoms with E-state index >= 15 is 0 Å². The van der Waals surface area contributed by atoms with Crippen LogP contribution < -0.4 is 10.1 Å². The number of ether oxygens (including phenoxy) is 2. The molecule has 0 bridgehead atoms. The van der Waals surface area contributed by atoms with Crippen LogP contribution in [0.4, 0.5) is 5.69 Å². The van der Waals surface area contributed by atoms with E-state index in [0.717, 1.165) is 0 Å². The van der Waals surface area contributed by atoms with Gasteiger partial charge in [-0.3, -0.25) is 4.79 Å². The molecule has 0 fully saturated rings. The van der Waals surface area contributed by atoms with Crippen molar-refractivity contribution in [1.82, 2.24) is 0 Å². The number of hydrogen-bond donors (Lipinski definition) is 1. The second-order valence-electron chi connectivity index (χ2n) is 5.30. The molecule has 26 heavy (non-hydrogen) atoms. The van der Waals surface area contributed by atoms with Crippen molar-refractivity contribution in [2.45, 2.75) is 13.3 Å². The lowest BCUT2D eigenvalue weighted by Gasteiger charge is -2.12. The summed E-state index contributed by atoms with van der Waals surface area (Å²) in [7, 11) is 0. The average molecular weight is 417 g/mol. The van der Waals surface area contributed by atoms with Crippen LogP contribution in [-0.4, -0.2) is 25.1 Å². The van der Waals surface area contributed by atoms with Crippen molar-refractivity contribution in [2.75, 3.05) is 18.5 Å². The average Bonchev–Trinajstić information content (AvgIpc) is 2.66. The van der Waals surface area contributed by atoms with Crippen LogP contribution in [0.1, 0.15) is 29.3 Å². The molecule has 0 atom stereocenters. The van der Waals surface area contributed by atoms with Gasteiger partial charge in [0.05, 0.1) is 29.5 Å². The summed E-state index contributed by atoms with van der Waals surface area (Å²) < 4.78 is 11.2. The molecular weight excluding hydrogens is 400 g/mol. The summed E-state index contributed by atoms with van der Waals surface area (Å²) in [5, 5.41) is 11.4. The molecule has 0 aromatic heterocycles. The van der Waals surface area contributed by atoms with E-state index in [2.05, 4.69) is 21.2 Å². The SMILES string of the molecule is CCCOC(=O)c1cc(Br)ccc1NC(=O)COc1ccc(C#N)cc1. The molecule has 0 saturated heterocycles. The Bertz CT molecular complexity index is 828. The molecule has 0 saturated carbocycles. The van der Waals surface area contributed by atoms with Gasteiger partial charge in [0.2, 0.25) is 0 Å². The summed E-state index contributed by atoms with van der Waals surface area (Å²) in [5.41, 5.74) is 1.12. The van der Waals surface area contributed by atoms with Gasteiger partial charge < -0.3 is 14.8 Å². The molecule has 2 rings (SSSR count). The van der Waals surface area contributed by atoms with E-state index in [1.807, 2.05) is 13.0 Å². The van der Waals surface area contributed by atoms with Gasteiger partial charge in [0.25, 0.3) is 5.91 Å². The van der Waals surface area contributed by atoms with Crippen LogP contribution in [0.15, 0.2) is 46.9 Å². The fourth-order valence-electron chi connectivity index (χ4n) is 2.03. The zero-order chi connectivity index (χ0) is 18.9. The molecule has 0 aliphatic rings. The normalized spacial score (nSPS) is 9.88. The third kappa shape index (κ3) is 5.60. The first kappa shape index (κ1) is 19.5. The van der Waals surface area contributed by atoms with Crippen molar-refractivity contribution in [1.29, 1.82) is 5.26 Å². The van der Waals surface area contributed by atoms with Crippen LogP contribution >= 0.6 is 15.9 Å². The number of amides is 1. The zero-order valence-corrected chi connectivity index (χ0v) is 15.7. The fourth-order valence-corrected chi connectivity index (χ4v) is 2.39. The second-order valence-corrected chi connectivity index (χ2v) is 6.21. The van der Waals surface area contributed by atoms with Crippen LogP contribution in [0.2, 0.25) is 0 Å². The Morgan fingerprint density at radius 2 is 1.92 bits per heavy atom. The zero-order valence-electron chi connectivity index (χ0n) is 14.1. The molecular formula is C19H17BrN2O4. The first-order chi connectivity index (χ1) is 12.5. The van der Waals surface area contributed by atoms with Crippen molar-refractivity contribution >= 4 is 33.5 Å². The molecule has 134 valence electrons. The molecule has 0 aliphatic heterocycles. The highest BCUT2D eigenvalue weighted by molar-refractivity contribution is 9.10. The van der Waals surface area contributed by atoms with Gasteiger partial charge in [0.15, 0.2) is 6.61 Å². The summed E-state index contributed by atoms with van der Waals surface area (Å²) >= 11 is 3.30. The highest BCUT2D eigenvalue weighted by Crippen LogP contribution is 2.22. The van der Waals surface area contributed by atoms with Gasteiger partial charge in [-0.25, -0.2) is 4.79 Å². The Hall–Kier alpha value is -2.85. The Morgan fingerprint density at radius 1 is 1.19 bits per heavy atom. The molecule has 6 nitrogen and oxygen atoms in total. The lowest BCUT2D eigenvalue weighted by molar-refractivity contribution is -0.118. The standard InChI is InChI=1S/C19H17BrN2O4/c1-2-9-25-19(24)16-10-14(20)5-8-17(16)22-18(23)12-26-15-6-3-13(11-21)4-7-15/h3-8,10H,2,9,12H2,1H3,(H,22,23).